The Morgan fingerprint density at radius 2 is 2.12 bits per heavy atom. The normalized spacial score (nSPS) is 12.4. The van der Waals surface area contributed by atoms with Gasteiger partial charge in [-0.15, -0.1) is 0 Å². The Balaban J connectivity index is 2.19. The van der Waals surface area contributed by atoms with E-state index in [0.717, 1.165) is 29.3 Å². The number of rotatable bonds is 4. The largest absolute Gasteiger partial charge is 0.467 e. The maximum atomic E-state index is 5.44. The maximum Gasteiger partial charge on any atom is 0.125 e. The summed E-state index contributed by atoms with van der Waals surface area (Å²) in [7, 11) is 0. The summed E-state index contributed by atoms with van der Waals surface area (Å²) in [6.07, 6.45) is 2.68. The molecule has 0 saturated heterocycles. The third kappa shape index (κ3) is 2.67. The van der Waals surface area contributed by atoms with Crippen LogP contribution in [-0.4, -0.2) is 4.98 Å². The van der Waals surface area contributed by atoms with Gasteiger partial charge in [-0.2, -0.15) is 0 Å². The fourth-order valence-electron chi connectivity index (χ4n) is 1.89. The molecular weight excluding hydrogens is 212 g/mol. The first-order valence-corrected chi connectivity index (χ1v) is 5.95. The molecule has 0 radical (unpaired) electrons. The summed E-state index contributed by atoms with van der Waals surface area (Å²) in [5.41, 5.74) is 3.13. The first-order chi connectivity index (χ1) is 8.20. The van der Waals surface area contributed by atoms with E-state index in [1.807, 2.05) is 32.0 Å². The number of hydrogen-bond donors (Lipinski definition) is 1. The van der Waals surface area contributed by atoms with Crippen molar-refractivity contribution >= 4 is 5.69 Å². The van der Waals surface area contributed by atoms with E-state index in [1.165, 1.54) is 0 Å². The number of furan rings is 1. The van der Waals surface area contributed by atoms with Crippen LogP contribution in [0, 0.1) is 13.8 Å². The molecule has 1 atom stereocenters. The predicted octanol–water partition coefficient (Wildman–Crippen LogP) is 3.85. The number of aromatic nitrogens is 1. The van der Waals surface area contributed by atoms with Crippen LogP contribution in [0.2, 0.25) is 0 Å². The molecule has 2 heterocycles. The first kappa shape index (κ1) is 11.7. The summed E-state index contributed by atoms with van der Waals surface area (Å²) in [4.78, 5) is 4.45. The molecule has 90 valence electrons. The van der Waals surface area contributed by atoms with Crippen LogP contribution in [0.4, 0.5) is 5.69 Å². The van der Waals surface area contributed by atoms with Gasteiger partial charge in [0.2, 0.25) is 0 Å². The Labute approximate surface area is 102 Å². The molecule has 17 heavy (non-hydrogen) atoms. The maximum absolute atomic E-state index is 5.44. The number of hydrogen-bond acceptors (Lipinski definition) is 3. The Kier molecular flexibility index (Phi) is 3.47. The van der Waals surface area contributed by atoms with Gasteiger partial charge in [-0.3, -0.25) is 4.98 Å². The fraction of sp³-hybridized carbons (Fsp3) is 0.357. The lowest BCUT2D eigenvalue weighted by Crippen LogP contribution is -2.10. The number of nitrogens with zero attached hydrogens (tertiary/aromatic N) is 1. The van der Waals surface area contributed by atoms with Gasteiger partial charge < -0.3 is 9.73 Å². The van der Waals surface area contributed by atoms with E-state index >= 15 is 0 Å². The minimum Gasteiger partial charge on any atom is -0.467 e. The van der Waals surface area contributed by atoms with Gasteiger partial charge in [-0.05, 0) is 44.5 Å². The van der Waals surface area contributed by atoms with Gasteiger partial charge in [0.05, 0.1) is 23.7 Å². The van der Waals surface area contributed by atoms with E-state index in [-0.39, 0.29) is 6.04 Å². The Bertz CT molecular complexity index is 477. The van der Waals surface area contributed by atoms with Crippen LogP contribution in [0.15, 0.2) is 34.9 Å². The Hall–Kier alpha value is -1.77. The van der Waals surface area contributed by atoms with Gasteiger partial charge in [0.15, 0.2) is 0 Å². The molecule has 0 amide bonds. The molecule has 1 N–H and O–H groups in total. The van der Waals surface area contributed by atoms with Crippen molar-refractivity contribution in [2.75, 3.05) is 5.32 Å². The smallest absolute Gasteiger partial charge is 0.125 e. The van der Waals surface area contributed by atoms with Crippen LogP contribution in [-0.2, 0) is 0 Å². The second-order valence-electron chi connectivity index (χ2n) is 4.21. The second kappa shape index (κ2) is 5.04. The molecule has 0 saturated carbocycles. The van der Waals surface area contributed by atoms with E-state index in [4.69, 9.17) is 4.42 Å². The van der Waals surface area contributed by atoms with Crippen LogP contribution in [0.3, 0.4) is 0 Å². The Morgan fingerprint density at radius 1 is 1.29 bits per heavy atom. The van der Waals surface area contributed by atoms with E-state index in [0.29, 0.717) is 0 Å². The zero-order chi connectivity index (χ0) is 12.3. The van der Waals surface area contributed by atoms with Crippen LogP contribution < -0.4 is 5.32 Å². The average molecular weight is 230 g/mol. The number of aryl methyl sites for hydroxylation is 2. The minimum atomic E-state index is 0.202. The van der Waals surface area contributed by atoms with Crippen LogP contribution in [0.5, 0.6) is 0 Å². The summed E-state index contributed by atoms with van der Waals surface area (Å²) >= 11 is 0. The quantitative estimate of drug-likeness (QED) is 0.866. The lowest BCUT2D eigenvalue weighted by atomic mass is 10.1. The van der Waals surface area contributed by atoms with Crippen molar-refractivity contribution in [2.45, 2.75) is 33.2 Å². The molecule has 0 bridgehead atoms. The minimum absolute atomic E-state index is 0.202. The molecule has 2 aromatic rings. The van der Waals surface area contributed by atoms with E-state index in [9.17, 15) is 0 Å². The standard InChI is InChI=1S/C14H18N2O/c1-4-12(14-6-5-9-17-14)16-13-8-7-10(2)15-11(13)3/h5-9,12,16H,4H2,1-3H3. The van der Waals surface area contributed by atoms with Gasteiger partial charge in [0, 0.05) is 5.69 Å². The molecule has 0 aromatic carbocycles. The molecule has 0 spiro atoms. The van der Waals surface area contributed by atoms with Crippen molar-refractivity contribution in [1.82, 2.24) is 4.98 Å². The zero-order valence-electron chi connectivity index (χ0n) is 10.5. The predicted molar refractivity (Wildman–Crippen MR) is 69.1 cm³/mol. The van der Waals surface area contributed by atoms with Crippen molar-refractivity contribution in [2.24, 2.45) is 0 Å². The van der Waals surface area contributed by atoms with Crippen molar-refractivity contribution in [3.63, 3.8) is 0 Å². The third-order valence-electron chi connectivity index (χ3n) is 2.85. The Morgan fingerprint density at radius 3 is 2.71 bits per heavy atom. The van der Waals surface area contributed by atoms with Gasteiger partial charge in [-0.1, -0.05) is 6.92 Å². The van der Waals surface area contributed by atoms with Gasteiger partial charge in [-0.25, -0.2) is 0 Å². The lowest BCUT2D eigenvalue weighted by molar-refractivity contribution is 0.473. The highest BCUT2D eigenvalue weighted by atomic mass is 16.3. The van der Waals surface area contributed by atoms with Crippen molar-refractivity contribution in [3.05, 3.63) is 47.7 Å². The lowest BCUT2D eigenvalue weighted by Gasteiger charge is -2.17. The van der Waals surface area contributed by atoms with Crippen LogP contribution in [0.25, 0.3) is 0 Å². The van der Waals surface area contributed by atoms with Crippen LogP contribution in [0.1, 0.15) is 36.5 Å². The molecule has 1 unspecified atom stereocenters. The third-order valence-corrected chi connectivity index (χ3v) is 2.85. The molecule has 3 nitrogen and oxygen atoms in total. The van der Waals surface area contributed by atoms with Crippen molar-refractivity contribution in [1.29, 1.82) is 0 Å². The molecule has 2 aromatic heterocycles. The molecule has 0 aliphatic carbocycles. The van der Waals surface area contributed by atoms with E-state index in [1.54, 1.807) is 6.26 Å². The van der Waals surface area contributed by atoms with E-state index < -0.39 is 0 Å². The zero-order valence-corrected chi connectivity index (χ0v) is 10.5. The highest BCUT2D eigenvalue weighted by Crippen LogP contribution is 2.24. The van der Waals surface area contributed by atoms with Crippen molar-refractivity contribution < 1.29 is 4.42 Å². The summed E-state index contributed by atoms with van der Waals surface area (Å²) in [6.45, 7) is 6.15. The molecule has 3 heteroatoms. The summed E-state index contributed by atoms with van der Waals surface area (Å²) in [6, 6.07) is 8.21. The highest BCUT2D eigenvalue weighted by molar-refractivity contribution is 5.49. The SMILES string of the molecule is CCC(Nc1ccc(C)nc1C)c1ccco1. The monoisotopic (exact) mass is 230 g/mol. The first-order valence-electron chi connectivity index (χ1n) is 5.95. The molecule has 0 aliphatic rings. The van der Waals surface area contributed by atoms with Gasteiger partial charge >= 0.3 is 0 Å². The second-order valence-corrected chi connectivity index (χ2v) is 4.21. The van der Waals surface area contributed by atoms with Gasteiger partial charge in [0.1, 0.15) is 5.76 Å². The number of pyridine rings is 1. The summed E-state index contributed by atoms with van der Waals surface area (Å²) < 4.78 is 5.44. The molecule has 0 fully saturated rings. The molecule has 2 rings (SSSR count). The molecular formula is C14H18N2O. The topological polar surface area (TPSA) is 38.1 Å². The van der Waals surface area contributed by atoms with Crippen LogP contribution >= 0.6 is 0 Å². The summed E-state index contributed by atoms with van der Waals surface area (Å²) in [5.74, 6) is 0.965. The molecule has 0 aliphatic heterocycles. The van der Waals surface area contributed by atoms with Crippen molar-refractivity contribution in [3.8, 4) is 0 Å². The summed E-state index contributed by atoms with van der Waals surface area (Å²) in [5, 5.41) is 3.47. The number of nitrogens with one attached hydrogen (secondary N) is 1. The van der Waals surface area contributed by atoms with E-state index in [2.05, 4.69) is 23.3 Å². The highest BCUT2D eigenvalue weighted by Gasteiger charge is 2.12. The number of anilines is 1. The average Bonchev–Trinajstić information content (AvgIpc) is 2.81. The van der Waals surface area contributed by atoms with Gasteiger partial charge in [0.25, 0.3) is 0 Å². The fourth-order valence-corrected chi connectivity index (χ4v) is 1.89.